The first-order valence-electron chi connectivity index (χ1n) is 19.7. The number of rotatable bonds is 13. The molecule has 1 saturated heterocycles. The highest BCUT2D eigenvalue weighted by atomic mass is 16.7. The summed E-state index contributed by atoms with van der Waals surface area (Å²) in [6, 6.07) is 23.3. The molecule has 3 aromatic rings. The first kappa shape index (κ1) is 39.1. The number of hydroxylamine groups is 1. The average Bonchev–Trinajstić information content (AvgIpc) is 3.64. The fraction of sp³-hybridized carbons (Fsp3) is 0.455. The van der Waals surface area contributed by atoms with Crippen molar-refractivity contribution in [3.8, 4) is 11.1 Å². The van der Waals surface area contributed by atoms with Crippen molar-refractivity contribution in [2.24, 2.45) is 5.41 Å². The van der Waals surface area contributed by atoms with Crippen LogP contribution in [-0.2, 0) is 28.7 Å². The summed E-state index contributed by atoms with van der Waals surface area (Å²) >= 11 is 0. The Bertz CT molecular complexity index is 1930. The summed E-state index contributed by atoms with van der Waals surface area (Å²) < 4.78 is 11.5. The zero-order chi connectivity index (χ0) is 39.6. The smallest absolute Gasteiger partial charge is 0.407 e. The number of fused-ring (bicyclic) bond motifs is 3. The van der Waals surface area contributed by atoms with Crippen LogP contribution in [0.25, 0.3) is 16.8 Å². The van der Waals surface area contributed by atoms with E-state index in [0.717, 1.165) is 46.4 Å². The summed E-state index contributed by atoms with van der Waals surface area (Å²) in [5.41, 5.74) is 7.22. The molecule has 0 bridgehead atoms. The maximum absolute atomic E-state index is 14.9. The lowest BCUT2D eigenvalue weighted by molar-refractivity contribution is -0.143. The van der Waals surface area contributed by atoms with E-state index in [-0.39, 0.29) is 37.4 Å². The van der Waals surface area contributed by atoms with Gasteiger partial charge in [0, 0.05) is 25.5 Å². The standard InChI is InChI=1S/C44H53N5O7/c1-6-14-34(37(54-5)40(51)45-28-21-22-28)46-39(50)36-24-44(23-35(48-56-44)27-15-8-7-9-16-27)26-49(36)41(52)38(43(2,3)4)47-42(53)55-25-33-31-19-12-10-17-29(31)30-18-11-13-20-32(30)33/h7-13,15-20,23,28,33-34,36-38,48H,6,14,21-22,24-26H2,1-5H3,(H,45,51)(H,46,50)(H,47,53)/t34-,36?,37?,38+,44+/m0/s1. The van der Waals surface area contributed by atoms with Gasteiger partial charge in [0.05, 0.1) is 18.3 Å². The molecule has 2 aliphatic carbocycles. The van der Waals surface area contributed by atoms with Crippen LogP contribution in [0.2, 0.25) is 0 Å². The predicted octanol–water partition coefficient (Wildman–Crippen LogP) is 5.43. The van der Waals surface area contributed by atoms with Crippen LogP contribution < -0.4 is 21.4 Å². The molecule has 1 saturated carbocycles. The molecule has 12 heteroatoms. The van der Waals surface area contributed by atoms with Crippen LogP contribution in [0.5, 0.6) is 0 Å². The van der Waals surface area contributed by atoms with Crippen molar-refractivity contribution in [3.05, 3.63) is 102 Å². The first-order chi connectivity index (χ1) is 26.9. The minimum Gasteiger partial charge on any atom is -0.449 e. The maximum Gasteiger partial charge on any atom is 0.407 e. The lowest BCUT2D eigenvalue weighted by atomic mass is 9.85. The molecule has 4 amide bonds. The quantitative estimate of drug-likeness (QED) is 0.180. The van der Waals surface area contributed by atoms with Crippen molar-refractivity contribution in [3.63, 3.8) is 0 Å². The van der Waals surface area contributed by atoms with Crippen molar-refractivity contribution in [1.29, 1.82) is 0 Å². The zero-order valence-electron chi connectivity index (χ0n) is 32.8. The van der Waals surface area contributed by atoms with Crippen LogP contribution in [0.1, 0.15) is 82.4 Å². The summed E-state index contributed by atoms with van der Waals surface area (Å²) in [6.07, 6.45) is 3.42. The second-order valence-corrected chi connectivity index (χ2v) is 16.5. The summed E-state index contributed by atoms with van der Waals surface area (Å²) in [7, 11) is 1.46. The molecule has 4 aliphatic rings. The van der Waals surface area contributed by atoms with E-state index < -0.39 is 53.2 Å². The molecule has 296 valence electrons. The molecule has 1 spiro atoms. The highest BCUT2D eigenvalue weighted by molar-refractivity contribution is 5.93. The minimum absolute atomic E-state index is 0.0422. The van der Waals surface area contributed by atoms with Gasteiger partial charge in [-0.15, -0.1) is 0 Å². The van der Waals surface area contributed by atoms with E-state index in [0.29, 0.717) is 12.8 Å². The van der Waals surface area contributed by atoms with Gasteiger partial charge in [0.25, 0.3) is 5.91 Å². The number of hydrogen-bond acceptors (Lipinski definition) is 8. The largest absolute Gasteiger partial charge is 0.449 e. The number of carbonyl (C=O) groups is 4. The number of alkyl carbamates (subject to hydrolysis) is 1. The Morgan fingerprint density at radius 1 is 0.929 bits per heavy atom. The van der Waals surface area contributed by atoms with Crippen LogP contribution in [-0.4, -0.2) is 84.8 Å². The molecule has 2 heterocycles. The molecule has 2 fully saturated rings. The van der Waals surface area contributed by atoms with Crippen LogP contribution in [0.15, 0.2) is 84.9 Å². The molecular formula is C44H53N5O7. The topological polar surface area (TPSA) is 147 Å². The fourth-order valence-corrected chi connectivity index (χ4v) is 8.21. The Morgan fingerprint density at radius 2 is 1.57 bits per heavy atom. The molecule has 7 rings (SSSR count). The number of amides is 4. The number of ether oxygens (including phenoxy) is 2. The van der Waals surface area contributed by atoms with Gasteiger partial charge < -0.3 is 30.3 Å². The van der Waals surface area contributed by atoms with Crippen LogP contribution in [0.3, 0.4) is 0 Å². The number of methoxy groups -OCH3 is 1. The SMILES string of the molecule is CCC[C@H](NC(=O)C1C[C@]2(C=C(c3ccccc3)NO2)CN1C(=O)[C@@H](NC(=O)OCC1c2ccccc2-c2ccccc21)C(C)(C)C)C(OC)C(=O)NC1CC1. The molecule has 12 nitrogen and oxygen atoms in total. The number of likely N-dealkylation sites (tertiary alicyclic amines) is 1. The minimum atomic E-state index is -1.06. The van der Waals surface area contributed by atoms with E-state index in [2.05, 4.69) is 33.6 Å². The molecule has 2 aliphatic heterocycles. The zero-order valence-corrected chi connectivity index (χ0v) is 32.8. The lowest BCUT2D eigenvalue weighted by Crippen LogP contribution is -2.59. The van der Waals surface area contributed by atoms with Gasteiger partial charge in [-0.1, -0.05) is 113 Å². The predicted molar refractivity (Wildman–Crippen MR) is 212 cm³/mol. The third-order valence-corrected chi connectivity index (χ3v) is 11.2. The molecule has 4 N–H and O–H groups in total. The van der Waals surface area contributed by atoms with Gasteiger partial charge in [-0.2, -0.15) is 0 Å². The van der Waals surface area contributed by atoms with Crippen molar-refractivity contribution < 1.29 is 33.5 Å². The summed E-state index contributed by atoms with van der Waals surface area (Å²) in [4.78, 5) is 63.9. The normalized spacial score (nSPS) is 21.6. The number of hydrogen-bond donors (Lipinski definition) is 4. The third-order valence-electron chi connectivity index (χ3n) is 11.2. The van der Waals surface area contributed by atoms with Gasteiger partial charge in [-0.3, -0.25) is 24.7 Å². The Balaban J connectivity index is 1.12. The Morgan fingerprint density at radius 3 is 2.18 bits per heavy atom. The van der Waals surface area contributed by atoms with Crippen molar-refractivity contribution >= 4 is 29.5 Å². The lowest BCUT2D eigenvalue weighted by Gasteiger charge is -2.36. The van der Waals surface area contributed by atoms with Crippen molar-refractivity contribution in [1.82, 2.24) is 26.3 Å². The van der Waals surface area contributed by atoms with Crippen LogP contribution in [0, 0.1) is 5.41 Å². The van der Waals surface area contributed by atoms with E-state index >= 15 is 0 Å². The summed E-state index contributed by atoms with van der Waals surface area (Å²) in [5.74, 6) is -1.31. The maximum atomic E-state index is 14.9. The van der Waals surface area contributed by atoms with E-state index in [9.17, 15) is 19.2 Å². The monoisotopic (exact) mass is 763 g/mol. The molecule has 3 aromatic carbocycles. The van der Waals surface area contributed by atoms with Gasteiger partial charge in [0.1, 0.15) is 24.3 Å². The molecule has 2 unspecified atom stereocenters. The third kappa shape index (κ3) is 8.17. The van der Waals surface area contributed by atoms with Gasteiger partial charge >= 0.3 is 6.09 Å². The average molecular weight is 764 g/mol. The van der Waals surface area contributed by atoms with Gasteiger partial charge in [-0.05, 0) is 58.6 Å². The highest BCUT2D eigenvalue weighted by Crippen LogP contribution is 2.45. The van der Waals surface area contributed by atoms with Gasteiger partial charge in [0.2, 0.25) is 11.8 Å². The van der Waals surface area contributed by atoms with Crippen molar-refractivity contribution in [2.45, 2.75) is 102 Å². The number of carbonyl (C=O) groups excluding carboxylic acids is 4. The van der Waals surface area contributed by atoms with E-state index in [1.165, 1.54) is 12.0 Å². The summed E-state index contributed by atoms with van der Waals surface area (Å²) in [6.45, 7) is 7.69. The summed E-state index contributed by atoms with van der Waals surface area (Å²) in [5, 5.41) is 8.95. The Kier molecular flexibility index (Phi) is 11.2. The van der Waals surface area contributed by atoms with E-state index in [1.807, 2.05) is 101 Å². The van der Waals surface area contributed by atoms with E-state index in [1.54, 1.807) is 0 Å². The van der Waals surface area contributed by atoms with Gasteiger partial charge in [-0.25, -0.2) is 4.79 Å². The molecule has 56 heavy (non-hydrogen) atoms. The van der Waals surface area contributed by atoms with Crippen LogP contribution in [0.4, 0.5) is 4.79 Å². The second-order valence-electron chi connectivity index (χ2n) is 16.5. The number of nitrogens with one attached hydrogen (secondary N) is 4. The molecule has 5 atom stereocenters. The van der Waals surface area contributed by atoms with Crippen molar-refractivity contribution in [2.75, 3.05) is 20.3 Å². The molecule has 0 aromatic heterocycles. The number of nitrogens with zero attached hydrogens (tertiary/aromatic N) is 1. The molecule has 0 radical (unpaired) electrons. The van der Waals surface area contributed by atoms with Crippen LogP contribution >= 0.6 is 0 Å². The highest BCUT2D eigenvalue weighted by Gasteiger charge is 2.54. The fourth-order valence-electron chi connectivity index (χ4n) is 8.21. The Hall–Kier alpha value is -5.20. The second kappa shape index (κ2) is 16.1. The Labute approximate surface area is 328 Å². The first-order valence-corrected chi connectivity index (χ1v) is 19.7. The molecular weight excluding hydrogens is 711 g/mol. The number of benzene rings is 3. The van der Waals surface area contributed by atoms with Gasteiger partial charge in [0.15, 0.2) is 6.10 Å². The van der Waals surface area contributed by atoms with E-state index in [4.69, 9.17) is 14.3 Å².